The van der Waals surface area contributed by atoms with Gasteiger partial charge in [0.25, 0.3) is 5.91 Å². The molecule has 1 fully saturated rings. The third kappa shape index (κ3) is 4.37. The average Bonchev–Trinajstić information content (AvgIpc) is 2.80. The van der Waals surface area contributed by atoms with Crippen LogP contribution >= 0.6 is 0 Å². The van der Waals surface area contributed by atoms with Crippen molar-refractivity contribution in [3.8, 4) is 0 Å². The van der Waals surface area contributed by atoms with Gasteiger partial charge in [0.2, 0.25) is 5.91 Å². The highest BCUT2D eigenvalue weighted by atomic mass is 16.2. The van der Waals surface area contributed by atoms with Crippen molar-refractivity contribution in [3.63, 3.8) is 0 Å². The molecule has 0 atom stereocenters. The lowest BCUT2D eigenvalue weighted by Gasteiger charge is -2.23. The summed E-state index contributed by atoms with van der Waals surface area (Å²) in [5.74, 6) is 0.716. The maximum absolute atomic E-state index is 13.0. The number of carbonyl (C=O) groups excluding carboxylic acids is 2. The number of hydrogen-bond acceptors (Lipinski definition) is 2. The van der Waals surface area contributed by atoms with E-state index in [9.17, 15) is 9.59 Å². The van der Waals surface area contributed by atoms with Crippen LogP contribution in [-0.2, 0) is 4.79 Å². The molecular weight excluding hydrogens is 300 g/mol. The molecule has 24 heavy (non-hydrogen) atoms. The zero-order chi connectivity index (χ0) is 17.7. The highest BCUT2D eigenvalue weighted by Gasteiger charge is 2.23. The number of hydrogen-bond donors (Lipinski definition) is 0. The number of benzene rings is 1. The topological polar surface area (TPSA) is 40.6 Å². The van der Waals surface area contributed by atoms with E-state index in [2.05, 4.69) is 19.9 Å². The van der Waals surface area contributed by atoms with Crippen molar-refractivity contribution in [1.82, 2.24) is 9.80 Å². The minimum atomic E-state index is 0.0970. The molecule has 0 N–H and O–H groups in total. The normalized spacial score (nSPS) is 15.5. The SMILES string of the molecule is CCCC(=O)N1CCCN(C(=O)c2cc(C(C)C)ccc2C)CC1. The van der Waals surface area contributed by atoms with Crippen LogP contribution in [0.1, 0.15) is 67.4 Å². The zero-order valence-electron chi connectivity index (χ0n) is 15.5. The predicted molar refractivity (Wildman–Crippen MR) is 97.3 cm³/mol. The molecule has 4 nitrogen and oxygen atoms in total. The summed E-state index contributed by atoms with van der Waals surface area (Å²) in [6.07, 6.45) is 2.33. The molecule has 0 saturated carbocycles. The van der Waals surface area contributed by atoms with E-state index in [4.69, 9.17) is 0 Å². The summed E-state index contributed by atoms with van der Waals surface area (Å²) in [6.45, 7) is 11.0. The van der Waals surface area contributed by atoms with Crippen LogP contribution in [0, 0.1) is 6.92 Å². The number of carbonyl (C=O) groups is 2. The fourth-order valence-electron chi connectivity index (χ4n) is 3.14. The molecule has 1 aliphatic heterocycles. The van der Waals surface area contributed by atoms with E-state index in [1.165, 1.54) is 5.56 Å². The largest absolute Gasteiger partial charge is 0.341 e. The summed E-state index contributed by atoms with van der Waals surface area (Å²) in [5, 5.41) is 0. The highest BCUT2D eigenvalue weighted by Crippen LogP contribution is 2.20. The lowest BCUT2D eigenvalue weighted by Crippen LogP contribution is -2.37. The van der Waals surface area contributed by atoms with Crippen molar-refractivity contribution in [2.24, 2.45) is 0 Å². The van der Waals surface area contributed by atoms with Gasteiger partial charge in [-0.05, 0) is 42.9 Å². The summed E-state index contributed by atoms with van der Waals surface area (Å²) in [6, 6.07) is 6.18. The van der Waals surface area contributed by atoms with Gasteiger partial charge in [-0.1, -0.05) is 32.9 Å². The molecule has 132 valence electrons. The second-order valence-electron chi connectivity index (χ2n) is 7.01. The summed E-state index contributed by atoms with van der Waals surface area (Å²) in [7, 11) is 0. The van der Waals surface area contributed by atoms with Gasteiger partial charge in [-0.25, -0.2) is 0 Å². The van der Waals surface area contributed by atoms with Gasteiger partial charge in [-0.3, -0.25) is 9.59 Å². The number of rotatable bonds is 4. The molecule has 0 radical (unpaired) electrons. The van der Waals surface area contributed by atoms with Crippen molar-refractivity contribution in [2.75, 3.05) is 26.2 Å². The lowest BCUT2D eigenvalue weighted by atomic mass is 9.97. The Kier molecular flexibility index (Phi) is 6.41. The van der Waals surface area contributed by atoms with Gasteiger partial charge in [0.1, 0.15) is 0 Å². The molecule has 2 amide bonds. The smallest absolute Gasteiger partial charge is 0.254 e. The van der Waals surface area contributed by atoms with E-state index in [1.807, 2.05) is 35.8 Å². The maximum Gasteiger partial charge on any atom is 0.254 e. The molecule has 0 aliphatic carbocycles. The first kappa shape index (κ1) is 18.5. The van der Waals surface area contributed by atoms with Gasteiger partial charge in [-0.2, -0.15) is 0 Å². The average molecular weight is 330 g/mol. The molecule has 2 rings (SSSR count). The molecule has 1 aromatic carbocycles. The van der Waals surface area contributed by atoms with Crippen LogP contribution in [0.4, 0.5) is 0 Å². The van der Waals surface area contributed by atoms with Gasteiger partial charge in [-0.15, -0.1) is 0 Å². The monoisotopic (exact) mass is 330 g/mol. The van der Waals surface area contributed by atoms with Crippen molar-refractivity contribution < 1.29 is 9.59 Å². The molecule has 0 unspecified atom stereocenters. The predicted octanol–water partition coefficient (Wildman–Crippen LogP) is 3.59. The van der Waals surface area contributed by atoms with Crippen molar-refractivity contribution >= 4 is 11.8 Å². The quantitative estimate of drug-likeness (QED) is 0.846. The van der Waals surface area contributed by atoms with Crippen molar-refractivity contribution in [3.05, 3.63) is 34.9 Å². The number of aryl methyl sites for hydroxylation is 1. The van der Waals surface area contributed by atoms with E-state index in [0.29, 0.717) is 25.4 Å². The minimum absolute atomic E-state index is 0.0970. The van der Waals surface area contributed by atoms with Crippen LogP contribution < -0.4 is 0 Å². The van der Waals surface area contributed by atoms with Crippen molar-refractivity contribution in [1.29, 1.82) is 0 Å². The van der Waals surface area contributed by atoms with Gasteiger partial charge in [0.15, 0.2) is 0 Å². The summed E-state index contributed by atoms with van der Waals surface area (Å²) in [5.41, 5.74) is 3.01. The second kappa shape index (κ2) is 8.32. The molecule has 1 saturated heterocycles. The van der Waals surface area contributed by atoms with Gasteiger partial charge in [0.05, 0.1) is 0 Å². The highest BCUT2D eigenvalue weighted by molar-refractivity contribution is 5.96. The molecular formula is C20H30N2O2. The Balaban J connectivity index is 2.10. The van der Waals surface area contributed by atoms with Gasteiger partial charge < -0.3 is 9.80 Å². The fraction of sp³-hybridized carbons (Fsp3) is 0.600. The van der Waals surface area contributed by atoms with Crippen LogP contribution in [0.25, 0.3) is 0 Å². The van der Waals surface area contributed by atoms with E-state index in [1.54, 1.807) is 0 Å². The molecule has 0 bridgehead atoms. The Morgan fingerprint density at radius 2 is 1.75 bits per heavy atom. The molecule has 1 aromatic rings. The van der Waals surface area contributed by atoms with Crippen LogP contribution in [0.3, 0.4) is 0 Å². The Hall–Kier alpha value is -1.84. The molecule has 0 spiro atoms. The summed E-state index contributed by atoms with van der Waals surface area (Å²) >= 11 is 0. The van der Waals surface area contributed by atoms with Crippen LogP contribution in [-0.4, -0.2) is 47.8 Å². The van der Waals surface area contributed by atoms with Crippen molar-refractivity contribution in [2.45, 2.75) is 52.9 Å². The number of amides is 2. The Bertz CT molecular complexity index is 595. The van der Waals surface area contributed by atoms with Gasteiger partial charge in [0, 0.05) is 38.2 Å². The zero-order valence-corrected chi connectivity index (χ0v) is 15.5. The first-order chi connectivity index (χ1) is 11.4. The summed E-state index contributed by atoms with van der Waals surface area (Å²) < 4.78 is 0. The Morgan fingerprint density at radius 3 is 2.42 bits per heavy atom. The standard InChI is InChI=1S/C20H30N2O2/c1-5-7-19(23)21-10-6-11-22(13-12-21)20(24)18-14-17(15(2)3)9-8-16(18)4/h8-9,14-15H,5-7,10-13H2,1-4H3. The molecule has 1 aliphatic rings. The molecule has 4 heteroatoms. The Labute approximate surface area is 145 Å². The minimum Gasteiger partial charge on any atom is -0.341 e. The van der Waals surface area contributed by atoms with E-state index in [0.717, 1.165) is 37.1 Å². The first-order valence-electron chi connectivity index (χ1n) is 9.11. The molecule has 0 aromatic heterocycles. The summed E-state index contributed by atoms with van der Waals surface area (Å²) in [4.78, 5) is 28.9. The third-order valence-electron chi connectivity index (χ3n) is 4.76. The van der Waals surface area contributed by atoms with Gasteiger partial charge >= 0.3 is 0 Å². The lowest BCUT2D eigenvalue weighted by molar-refractivity contribution is -0.131. The number of nitrogens with zero attached hydrogens (tertiary/aromatic N) is 2. The fourth-order valence-corrected chi connectivity index (χ4v) is 3.14. The van der Waals surface area contributed by atoms with Crippen LogP contribution in [0.5, 0.6) is 0 Å². The van der Waals surface area contributed by atoms with Crippen LogP contribution in [0.15, 0.2) is 18.2 Å². The first-order valence-corrected chi connectivity index (χ1v) is 9.11. The second-order valence-corrected chi connectivity index (χ2v) is 7.01. The van der Waals surface area contributed by atoms with Crippen LogP contribution in [0.2, 0.25) is 0 Å². The molecule has 1 heterocycles. The maximum atomic E-state index is 13.0. The van der Waals surface area contributed by atoms with E-state index < -0.39 is 0 Å². The van der Waals surface area contributed by atoms with E-state index >= 15 is 0 Å². The third-order valence-corrected chi connectivity index (χ3v) is 4.76. The Morgan fingerprint density at radius 1 is 1.08 bits per heavy atom. The van der Waals surface area contributed by atoms with E-state index in [-0.39, 0.29) is 11.8 Å².